The molecule has 2 aromatic rings. The minimum atomic E-state index is -0.515. The van der Waals surface area contributed by atoms with Crippen molar-refractivity contribution in [2.45, 2.75) is 0 Å². The Hall–Kier alpha value is -2.30. The lowest BCUT2D eigenvalue weighted by Crippen LogP contribution is -2.33. The summed E-state index contributed by atoms with van der Waals surface area (Å²) in [6, 6.07) is 11.3. The number of fused-ring (bicyclic) bond motifs is 1. The Balaban J connectivity index is 1.97. The molecule has 5 heteroatoms. The van der Waals surface area contributed by atoms with Gasteiger partial charge in [0.15, 0.2) is 0 Å². The number of amides is 2. The van der Waals surface area contributed by atoms with E-state index in [1.165, 1.54) is 0 Å². The third-order valence-electron chi connectivity index (χ3n) is 2.33. The Morgan fingerprint density at radius 1 is 1.18 bits per heavy atom. The predicted molar refractivity (Wildman–Crippen MR) is 67.8 cm³/mol. The first-order chi connectivity index (χ1) is 8.25. The number of nitrogens with one attached hydrogen (secondary N) is 2. The van der Waals surface area contributed by atoms with Gasteiger partial charge in [0.05, 0.1) is 5.52 Å². The molecule has 5 nitrogen and oxygen atoms in total. The van der Waals surface area contributed by atoms with Crippen LogP contribution in [0.4, 0.5) is 10.6 Å². The summed E-state index contributed by atoms with van der Waals surface area (Å²) in [6.07, 6.45) is 0. The fourth-order valence-electron chi connectivity index (χ4n) is 1.54. The van der Waals surface area contributed by atoms with Crippen molar-refractivity contribution in [1.29, 1.82) is 0 Å². The summed E-state index contributed by atoms with van der Waals surface area (Å²) in [6.45, 7) is 1.07. The van der Waals surface area contributed by atoms with Crippen molar-refractivity contribution in [3.8, 4) is 0 Å². The van der Waals surface area contributed by atoms with Crippen LogP contribution in [0.5, 0.6) is 0 Å². The number of hydrogen-bond acceptors (Lipinski definition) is 3. The number of carbonyl (C=O) groups is 1. The minimum Gasteiger partial charge on any atom is -0.368 e. The maximum absolute atomic E-state index is 10.5. The molecular formula is C12H14N4O. The second-order valence-corrected chi connectivity index (χ2v) is 3.61. The van der Waals surface area contributed by atoms with Crippen LogP contribution in [0.15, 0.2) is 36.4 Å². The second kappa shape index (κ2) is 5.16. The molecule has 4 N–H and O–H groups in total. The molecule has 88 valence electrons. The van der Waals surface area contributed by atoms with Crippen LogP contribution in [0, 0.1) is 0 Å². The van der Waals surface area contributed by atoms with Crippen LogP contribution in [0.2, 0.25) is 0 Å². The Labute approximate surface area is 99.0 Å². The van der Waals surface area contributed by atoms with Gasteiger partial charge in [-0.3, -0.25) is 0 Å². The highest BCUT2D eigenvalue weighted by Crippen LogP contribution is 2.13. The lowest BCUT2D eigenvalue weighted by Gasteiger charge is -2.06. The monoisotopic (exact) mass is 230 g/mol. The van der Waals surface area contributed by atoms with E-state index in [4.69, 9.17) is 5.73 Å². The number of anilines is 1. The molecule has 0 fully saturated rings. The van der Waals surface area contributed by atoms with Gasteiger partial charge in [0.25, 0.3) is 0 Å². The number of urea groups is 1. The minimum absolute atomic E-state index is 0.476. The van der Waals surface area contributed by atoms with E-state index in [0.717, 1.165) is 16.7 Å². The highest BCUT2D eigenvalue weighted by atomic mass is 16.2. The van der Waals surface area contributed by atoms with Crippen LogP contribution >= 0.6 is 0 Å². The number of primary amides is 1. The maximum atomic E-state index is 10.5. The number of benzene rings is 1. The van der Waals surface area contributed by atoms with E-state index in [1.54, 1.807) is 0 Å². The molecule has 0 unspecified atom stereocenters. The van der Waals surface area contributed by atoms with E-state index in [0.29, 0.717) is 13.1 Å². The van der Waals surface area contributed by atoms with Crippen LogP contribution < -0.4 is 16.4 Å². The average Bonchev–Trinajstić information content (AvgIpc) is 2.34. The highest BCUT2D eigenvalue weighted by Gasteiger charge is 1.97. The van der Waals surface area contributed by atoms with Crippen LogP contribution in [0.25, 0.3) is 10.9 Å². The SMILES string of the molecule is NC(=O)NCCNc1ccc2ccccc2n1. The molecule has 0 aliphatic carbocycles. The second-order valence-electron chi connectivity index (χ2n) is 3.61. The largest absolute Gasteiger partial charge is 0.368 e. The van der Waals surface area contributed by atoms with Gasteiger partial charge in [-0.05, 0) is 18.2 Å². The number of carbonyl (C=O) groups excluding carboxylic acids is 1. The molecule has 0 aliphatic rings. The van der Waals surface area contributed by atoms with E-state index in [2.05, 4.69) is 15.6 Å². The molecule has 0 spiro atoms. The Bertz CT molecular complexity index is 527. The van der Waals surface area contributed by atoms with Crippen LogP contribution in [0.3, 0.4) is 0 Å². The van der Waals surface area contributed by atoms with Crippen molar-refractivity contribution in [2.75, 3.05) is 18.4 Å². The standard InChI is InChI=1S/C12H14N4O/c13-12(17)15-8-7-14-11-6-5-9-3-1-2-4-10(9)16-11/h1-6H,7-8H2,(H,14,16)(H3,13,15,17). The van der Waals surface area contributed by atoms with E-state index in [-0.39, 0.29) is 0 Å². The molecule has 17 heavy (non-hydrogen) atoms. The maximum Gasteiger partial charge on any atom is 0.312 e. The van der Waals surface area contributed by atoms with Crippen molar-refractivity contribution in [3.05, 3.63) is 36.4 Å². The third-order valence-corrected chi connectivity index (χ3v) is 2.33. The smallest absolute Gasteiger partial charge is 0.312 e. The van der Waals surface area contributed by atoms with Crippen molar-refractivity contribution in [3.63, 3.8) is 0 Å². The molecule has 0 atom stereocenters. The number of para-hydroxylation sites is 1. The summed E-state index contributed by atoms with van der Waals surface area (Å²) < 4.78 is 0. The first-order valence-corrected chi connectivity index (χ1v) is 5.39. The Morgan fingerprint density at radius 3 is 2.82 bits per heavy atom. The predicted octanol–water partition coefficient (Wildman–Crippen LogP) is 1.31. The fraction of sp³-hybridized carbons (Fsp3) is 0.167. The zero-order valence-corrected chi connectivity index (χ0v) is 9.31. The van der Waals surface area contributed by atoms with Gasteiger partial charge in [0.1, 0.15) is 5.82 Å². The first kappa shape index (κ1) is 11.2. The Morgan fingerprint density at radius 2 is 2.00 bits per heavy atom. The topological polar surface area (TPSA) is 80.0 Å². The molecule has 0 bridgehead atoms. The summed E-state index contributed by atoms with van der Waals surface area (Å²) in [5, 5.41) is 6.72. The van der Waals surface area contributed by atoms with Crippen molar-refractivity contribution < 1.29 is 4.79 Å². The van der Waals surface area contributed by atoms with Gasteiger partial charge in [-0.2, -0.15) is 0 Å². The molecule has 2 amide bonds. The van der Waals surface area contributed by atoms with Crippen LogP contribution in [0.1, 0.15) is 0 Å². The Kier molecular flexibility index (Phi) is 3.40. The summed E-state index contributed by atoms with van der Waals surface area (Å²) in [4.78, 5) is 14.9. The van der Waals surface area contributed by atoms with E-state index >= 15 is 0 Å². The molecule has 0 aliphatic heterocycles. The molecule has 2 rings (SSSR count). The first-order valence-electron chi connectivity index (χ1n) is 5.39. The number of pyridine rings is 1. The van der Waals surface area contributed by atoms with Gasteiger partial charge in [0, 0.05) is 18.5 Å². The molecule has 0 radical (unpaired) electrons. The summed E-state index contributed by atoms with van der Waals surface area (Å²) in [7, 11) is 0. The number of nitrogens with two attached hydrogens (primary N) is 1. The van der Waals surface area contributed by atoms with E-state index in [1.807, 2.05) is 36.4 Å². The average molecular weight is 230 g/mol. The number of rotatable bonds is 4. The molecule has 1 aromatic heterocycles. The zero-order chi connectivity index (χ0) is 12.1. The van der Waals surface area contributed by atoms with E-state index in [9.17, 15) is 4.79 Å². The van der Waals surface area contributed by atoms with Crippen molar-refractivity contribution in [1.82, 2.24) is 10.3 Å². The summed E-state index contributed by atoms with van der Waals surface area (Å²) in [5.41, 5.74) is 5.90. The van der Waals surface area contributed by atoms with Gasteiger partial charge < -0.3 is 16.4 Å². The van der Waals surface area contributed by atoms with Gasteiger partial charge in [-0.25, -0.2) is 9.78 Å². The van der Waals surface area contributed by atoms with Gasteiger partial charge in [-0.15, -0.1) is 0 Å². The third kappa shape index (κ3) is 3.07. The van der Waals surface area contributed by atoms with Crippen molar-refractivity contribution >= 4 is 22.8 Å². The summed E-state index contributed by atoms with van der Waals surface area (Å²) in [5.74, 6) is 0.787. The lowest BCUT2D eigenvalue weighted by atomic mass is 10.2. The fourth-order valence-corrected chi connectivity index (χ4v) is 1.54. The van der Waals surface area contributed by atoms with E-state index < -0.39 is 6.03 Å². The molecule has 1 heterocycles. The number of hydrogen-bond donors (Lipinski definition) is 3. The van der Waals surface area contributed by atoms with Crippen LogP contribution in [-0.2, 0) is 0 Å². The molecule has 0 saturated heterocycles. The zero-order valence-electron chi connectivity index (χ0n) is 9.31. The normalized spacial score (nSPS) is 10.1. The lowest BCUT2D eigenvalue weighted by molar-refractivity contribution is 0.249. The van der Waals surface area contributed by atoms with Crippen LogP contribution in [-0.4, -0.2) is 24.1 Å². The number of nitrogens with zero attached hydrogens (tertiary/aromatic N) is 1. The number of aromatic nitrogens is 1. The van der Waals surface area contributed by atoms with Gasteiger partial charge >= 0.3 is 6.03 Å². The quantitative estimate of drug-likeness (QED) is 0.693. The molecule has 1 aromatic carbocycles. The van der Waals surface area contributed by atoms with Gasteiger partial charge in [-0.1, -0.05) is 18.2 Å². The van der Waals surface area contributed by atoms with Crippen molar-refractivity contribution in [2.24, 2.45) is 5.73 Å². The molecule has 0 saturated carbocycles. The molecular weight excluding hydrogens is 216 g/mol. The summed E-state index contributed by atoms with van der Waals surface area (Å²) >= 11 is 0. The highest BCUT2D eigenvalue weighted by molar-refractivity contribution is 5.80. The van der Waals surface area contributed by atoms with Gasteiger partial charge in [0.2, 0.25) is 0 Å².